The minimum absolute atomic E-state index is 0.165. The van der Waals surface area contributed by atoms with Crippen LogP contribution in [0.4, 0.5) is 4.79 Å². The molecule has 0 rings (SSSR count). The summed E-state index contributed by atoms with van der Waals surface area (Å²) in [5, 5.41) is 12.2. The molecule has 0 radical (unpaired) electrons. The van der Waals surface area contributed by atoms with Crippen LogP contribution in [0.15, 0.2) is 10.2 Å². The quantitative estimate of drug-likeness (QED) is 0.116. The number of azo groups is 1. The third-order valence-electron chi connectivity index (χ3n) is 5.28. The highest BCUT2D eigenvalue weighted by atomic mass is 32.2. The molecule has 1 atom stereocenters. The van der Waals surface area contributed by atoms with Gasteiger partial charge in [0.15, 0.2) is 5.66 Å². The molecular formula is C26H53N3O2S. The van der Waals surface area contributed by atoms with E-state index in [0.717, 1.165) is 44.1 Å². The average molecular weight is 472 g/mol. The summed E-state index contributed by atoms with van der Waals surface area (Å²) >= 11 is 0.925. The minimum Gasteiger partial charge on any atom is -0.319 e. The molecule has 0 aliphatic carbocycles. The summed E-state index contributed by atoms with van der Waals surface area (Å²) in [6, 6.07) is 0. The Bertz CT molecular complexity index is 492. The van der Waals surface area contributed by atoms with E-state index in [4.69, 9.17) is 4.18 Å². The zero-order valence-corrected chi connectivity index (χ0v) is 23.1. The average Bonchev–Trinajstić information content (AvgIpc) is 2.70. The van der Waals surface area contributed by atoms with Gasteiger partial charge < -0.3 is 9.50 Å². The Morgan fingerprint density at radius 2 is 1.38 bits per heavy atom. The van der Waals surface area contributed by atoms with Gasteiger partial charge in [0.05, 0.1) is 24.2 Å². The Labute approximate surface area is 203 Å². The van der Waals surface area contributed by atoms with Crippen LogP contribution < -0.4 is 5.32 Å². The Hall–Kier alpha value is -0.620. The van der Waals surface area contributed by atoms with E-state index in [9.17, 15) is 4.79 Å². The van der Waals surface area contributed by atoms with Crippen LogP contribution in [0.2, 0.25) is 0 Å². The molecule has 0 saturated carbocycles. The molecule has 32 heavy (non-hydrogen) atoms. The molecule has 1 unspecified atom stereocenters. The molecule has 0 spiro atoms. The molecule has 0 heterocycles. The van der Waals surface area contributed by atoms with Crippen molar-refractivity contribution in [2.75, 3.05) is 6.61 Å². The van der Waals surface area contributed by atoms with Crippen molar-refractivity contribution < 1.29 is 8.98 Å². The van der Waals surface area contributed by atoms with Gasteiger partial charge in [0.2, 0.25) is 0 Å². The van der Waals surface area contributed by atoms with Gasteiger partial charge >= 0.3 is 5.24 Å². The van der Waals surface area contributed by atoms with Crippen molar-refractivity contribution in [3.63, 3.8) is 0 Å². The van der Waals surface area contributed by atoms with Crippen molar-refractivity contribution in [1.29, 1.82) is 0 Å². The Morgan fingerprint density at radius 1 is 0.844 bits per heavy atom. The lowest BCUT2D eigenvalue weighted by Crippen LogP contribution is -2.46. The third kappa shape index (κ3) is 18.9. The van der Waals surface area contributed by atoms with Gasteiger partial charge in [-0.25, -0.2) is 0 Å². The van der Waals surface area contributed by atoms with E-state index >= 15 is 0 Å². The number of amides is 1. The standard InChI is InChI=1S/C26H53N3O2S/c1-8-10-12-13-14-15-16-17-18-19-21-31-32-24(30)27-26(20-11-9-2,22-23(3)4)29-28-25(5,6)7/h23H,8-22H2,1-7H3,(H,27,30). The molecule has 0 aromatic carbocycles. The highest BCUT2D eigenvalue weighted by Gasteiger charge is 2.33. The lowest BCUT2D eigenvalue weighted by molar-refractivity contribution is 0.218. The van der Waals surface area contributed by atoms with Gasteiger partial charge in [-0.1, -0.05) is 91.9 Å². The summed E-state index contributed by atoms with van der Waals surface area (Å²) < 4.78 is 5.60. The molecule has 6 heteroatoms. The van der Waals surface area contributed by atoms with Crippen LogP contribution in [0, 0.1) is 5.92 Å². The second-order valence-electron chi connectivity index (χ2n) is 10.6. The Balaban J connectivity index is 4.34. The summed E-state index contributed by atoms with van der Waals surface area (Å²) in [4.78, 5) is 12.6. The lowest BCUT2D eigenvalue weighted by atomic mass is 9.93. The first-order chi connectivity index (χ1) is 15.1. The van der Waals surface area contributed by atoms with Crippen molar-refractivity contribution in [2.24, 2.45) is 16.1 Å². The highest BCUT2D eigenvalue weighted by molar-refractivity contribution is 8.09. The largest absolute Gasteiger partial charge is 0.319 e. The third-order valence-corrected chi connectivity index (χ3v) is 5.82. The van der Waals surface area contributed by atoms with Crippen LogP contribution in [0.5, 0.6) is 0 Å². The lowest BCUT2D eigenvalue weighted by Gasteiger charge is -2.32. The van der Waals surface area contributed by atoms with Crippen LogP contribution in [0.25, 0.3) is 0 Å². The van der Waals surface area contributed by atoms with E-state index in [1.54, 1.807) is 0 Å². The molecule has 0 aromatic rings. The number of carbonyl (C=O) groups is 1. The van der Waals surface area contributed by atoms with E-state index in [0.29, 0.717) is 12.5 Å². The first-order valence-electron chi connectivity index (χ1n) is 13.2. The van der Waals surface area contributed by atoms with Crippen molar-refractivity contribution >= 4 is 17.3 Å². The van der Waals surface area contributed by atoms with Gasteiger partial charge in [-0.15, -0.1) is 0 Å². The van der Waals surface area contributed by atoms with Crippen molar-refractivity contribution in [1.82, 2.24) is 5.32 Å². The summed E-state index contributed by atoms with van der Waals surface area (Å²) in [7, 11) is 0. The molecule has 190 valence electrons. The van der Waals surface area contributed by atoms with E-state index in [1.807, 2.05) is 20.8 Å². The van der Waals surface area contributed by atoms with Crippen molar-refractivity contribution in [3.05, 3.63) is 0 Å². The van der Waals surface area contributed by atoms with Gasteiger partial charge in [0.25, 0.3) is 0 Å². The fraction of sp³-hybridized carbons (Fsp3) is 0.962. The molecular weight excluding hydrogens is 418 g/mol. The molecule has 5 nitrogen and oxygen atoms in total. The monoisotopic (exact) mass is 471 g/mol. The second kappa shape index (κ2) is 18.8. The summed E-state index contributed by atoms with van der Waals surface area (Å²) in [5.41, 5.74) is -0.916. The molecule has 0 fully saturated rings. The molecule has 1 amide bonds. The maximum absolute atomic E-state index is 12.6. The van der Waals surface area contributed by atoms with Crippen LogP contribution in [0.3, 0.4) is 0 Å². The summed E-state index contributed by atoms with van der Waals surface area (Å²) in [5.74, 6) is 0.406. The van der Waals surface area contributed by atoms with E-state index in [2.05, 4.69) is 43.2 Å². The van der Waals surface area contributed by atoms with Crippen molar-refractivity contribution in [3.8, 4) is 0 Å². The fourth-order valence-corrected chi connectivity index (χ4v) is 4.22. The maximum Gasteiger partial charge on any atom is 0.308 e. The zero-order chi connectivity index (χ0) is 24.3. The number of hydrogen-bond acceptors (Lipinski definition) is 5. The minimum atomic E-state index is -0.651. The topological polar surface area (TPSA) is 63.0 Å². The fourth-order valence-electron chi connectivity index (χ4n) is 3.68. The number of carbonyl (C=O) groups excluding carboxylic acids is 1. The predicted octanol–water partition coefficient (Wildman–Crippen LogP) is 9.46. The van der Waals surface area contributed by atoms with Gasteiger partial charge in [0.1, 0.15) is 0 Å². The normalized spacial score (nSPS) is 14.2. The van der Waals surface area contributed by atoms with Gasteiger partial charge in [0, 0.05) is 0 Å². The number of rotatable bonds is 19. The van der Waals surface area contributed by atoms with Crippen molar-refractivity contribution in [2.45, 2.75) is 150 Å². The Kier molecular flexibility index (Phi) is 18.4. The first kappa shape index (κ1) is 31.4. The van der Waals surface area contributed by atoms with E-state index in [1.165, 1.54) is 57.8 Å². The number of unbranched alkanes of at least 4 members (excludes halogenated alkanes) is 10. The van der Waals surface area contributed by atoms with Crippen LogP contribution in [-0.4, -0.2) is 23.0 Å². The Morgan fingerprint density at radius 3 is 1.88 bits per heavy atom. The molecule has 0 aromatic heterocycles. The smallest absolute Gasteiger partial charge is 0.308 e. The summed E-state index contributed by atoms with van der Waals surface area (Å²) in [6.45, 7) is 15.4. The van der Waals surface area contributed by atoms with Gasteiger partial charge in [-0.2, -0.15) is 10.2 Å². The van der Waals surface area contributed by atoms with E-state index in [-0.39, 0.29) is 10.8 Å². The van der Waals surface area contributed by atoms with Crippen LogP contribution in [-0.2, 0) is 4.18 Å². The van der Waals surface area contributed by atoms with Crippen LogP contribution in [0.1, 0.15) is 138 Å². The second-order valence-corrected chi connectivity index (χ2v) is 11.4. The molecule has 0 saturated heterocycles. The van der Waals surface area contributed by atoms with E-state index < -0.39 is 5.66 Å². The molecule has 0 aliphatic heterocycles. The molecule has 0 aliphatic rings. The number of hydrogen-bond donors (Lipinski definition) is 1. The molecule has 1 N–H and O–H groups in total. The molecule has 0 bridgehead atoms. The van der Waals surface area contributed by atoms with Gasteiger partial charge in [-0.05, 0) is 52.4 Å². The first-order valence-corrected chi connectivity index (χ1v) is 13.9. The van der Waals surface area contributed by atoms with Crippen LogP contribution >= 0.6 is 12.0 Å². The maximum atomic E-state index is 12.6. The SMILES string of the molecule is CCCCCCCCCCCCOSC(=O)NC(CCCC)(CC(C)C)N=NC(C)(C)C. The number of nitrogens with zero attached hydrogens (tertiary/aromatic N) is 2. The number of nitrogens with one attached hydrogen (secondary N) is 1. The predicted molar refractivity (Wildman–Crippen MR) is 140 cm³/mol. The van der Waals surface area contributed by atoms with Gasteiger partial charge in [-0.3, -0.25) is 4.79 Å². The summed E-state index contributed by atoms with van der Waals surface area (Å²) in [6.07, 6.45) is 16.6. The highest BCUT2D eigenvalue weighted by Crippen LogP contribution is 2.28. The zero-order valence-electron chi connectivity index (χ0n) is 22.3.